The van der Waals surface area contributed by atoms with Crippen molar-refractivity contribution in [3.63, 3.8) is 0 Å². The molecule has 0 bridgehead atoms. The van der Waals surface area contributed by atoms with Crippen LogP contribution < -0.4 is 15.4 Å². The fourth-order valence-corrected chi connectivity index (χ4v) is 2.68. The number of aromatic hydroxyl groups is 1. The number of hydrogen-bond donors (Lipinski definition) is 4. The van der Waals surface area contributed by atoms with Crippen LogP contribution in [0.3, 0.4) is 0 Å². The van der Waals surface area contributed by atoms with Gasteiger partial charge in [0.1, 0.15) is 0 Å². The lowest BCUT2D eigenvalue weighted by molar-refractivity contribution is 0.146. The fraction of sp³-hybridized carbons (Fsp3) is 0.538. The fourth-order valence-electron chi connectivity index (χ4n) is 2.21. The number of halogens is 2. The third-order valence-corrected chi connectivity index (χ3v) is 4.29. The molecule has 0 aromatic heterocycles. The molecule has 1 saturated heterocycles. The average Bonchev–Trinajstić information content (AvgIpc) is 2.81. The van der Waals surface area contributed by atoms with Gasteiger partial charge in [-0.25, -0.2) is 0 Å². The Morgan fingerprint density at radius 3 is 2.80 bits per heavy atom. The molecule has 7 heteroatoms. The smallest absolute Gasteiger partial charge is 0.172 e. The zero-order valence-electron chi connectivity index (χ0n) is 11.2. The Balaban J connectivity index is 0.00000200. The molecule has 0 saturated carbocycles. The Kier molecular flexibility index (Phi) is 7.05. The van der Waals surface area contributed by atoms with E-state index in [2.05, 4.69) is 26.6 Å². The van der Waals surface area contributed by atoms with Crippen molar-refractivity contribution >= 4 is 28.3 Å². The number of aliphatic hydroxyl groups is 1. The van der Waals surface area contributed by atoms with E-state index in [9.17, 15) is 10.2 Å². The Labute approximate surface area is 133 Å². The van der Waals surface area contributed by atoms with E-state index in [0.29, 0.717) is 23.3 Å². The zero-order chi connectivity index (χ0) is 13.8. The first-order valence-corrected chi connectivity index (χ1v) is 7.06. The summed E-state index contributed by atoms with van der Waals surface area (Å²) in [7, 11) is 1.52. The van der Waals surface area contributed by atoms with Gasteiger partial charge in [0.15, 0.2) is 11.5 Å². The number of methoxy groups -OCH3 is 1. The summed E-state index contributed by atoms with van der Waals surface area (Å²) in [5.41, 5.74) is 0.957. The monoisotopic (exact) mass is 366 g/mol. The minimum atomic E-state index is -0.278. The van der Waals surface area contributed by atoms with Gasteiger partial charge < -0.3 is 25.6 Å². The molecule has 1 fully saturated rings. The highest BCUT2D eigenvalue weighted by atomic mass is 79.9. The second-order valence-electron chi connectivity index (χ2n) is 4.71. The summed E-state index contributed by atoms with van der Waals surface area (Å²) in [5, 5.41) is 26.0. The summed E-state index contributed by atoms with van der Waals surface area (Å²) in [4.78, 5) is 0. The molecule has 1 aromatic rings. The van der Waals surface area contributed by atoms with E-state index in [4.69, 9.17) is 4.74 Å². The molecule has 2 rings (SSSR count). The maximum Gasteiger partial charge on any atom is 0.172 e. The van der Waals surface area contributed by atoms with Crippen LogP contribution in [0.1, 0.15) is 5.56 Å². The quantitative estimate of drug-likeness (QED) is 0.630. The second kappa shape index (κ2) is 8.05. The van der Waals surface area contributed by atoms with Crippen molar-refractivity contribution in [2.75, 3.05) is 26.7 Å². The van der Waals surface area contributed by atoms with E-state index in [1.54, 1.807) is 6.07 Å². The summed E-state index contributed by atoms with van der Waals surface area (Å²) in [6.45, 7) is 2.87. The lowest BCUT2D eigenvalue weighted by Crippen LogP contribution is -2.30. The van der Waals surface area contributed by atoms with Crippen molar-refractivity contribution < 1.29 is 14.9 Å². The summed E-state index contributed by atoms with van der Waals surface area (Å²) in [6, 6.07) is 3.64. The standard InChI is InChI=1S/C13H19BrN2O3.ClH/c1-19-11-3-2-8(12(14)13(11)18)4-15-5-9-6-16-7-10(9)17;/h2-3,9-10,15-18H,4-7H2,1H3;1H. The molecule has 1 aliphatic heterocycles. The highest BCUT2D eigenvalue weighted by Gasteiger charge is 2.24. The number of aliphatic hydroxyl groups excluding tert-OH is 1. The molecule has 1 heterocycles. The lowest BCUT2D eigenvalue weighted by Gasteiger charge is -2.15. The van der Waals surface area contributed by atoms with Crippen LogP contribution in [0.15, 0.2) is 16.6 Å². The van der Waals surface area contributed by atoms with E-state index in [-0.39, 0.29) is 30.2 Å². The molecule has 2 unspecified atom stereocenters. The number of benzene rings is 1. The molecule has 5 nitrogen and oxygen atoms in total. The van der Waals surface area contributed by atoms with E-state index in [0.717, 1.165) is 18.7 Å². The van der Waals surface area contributed by atoms with Gasteiger partial charge in [0.25, 0.3) is 0 Å². The molecule has 1 aliphatic rings. The molecule has 0 aliphatic carbocycles. The molecule has 20 heavy (non-hydrogen) atoms. The first-order valence-electron chi connectivity index (χ1n) is 6.27. The molecule has 0 spiro atoms. The van der Waals surface area contributed by atoms with E-state index < -0.39 is 0 Å². The average molecular weight is 368 g/mol. The molecular weight excluding hydrogens is 348 g/mol. The predicted molar refractivity (Wildman–Crippen MR) is 83.7 cm³/mol. The number of ether oxygens (including phenoxy) is 1. The predicted octanol–water partition coefficient (Wildman–Crippen LogP) is 1.25. The number of hydrogen-bond acceptors (Lipinski definition) is 5. The third-order valence-electron chi connectivity index (χ3n) is 3.41. The molecule has 0 radical (unpaired) electrons. The SMILES string of the molecule is COc1ccc(CNCC2CNCC2O)c(Br)c1O.Cl. The number of phenols is 1. The van der Waals surface area contributed by atoms with Crippen molar-refractivity contribution in [1.82, 2.24) is 10.6 Å². The highest BCUT2D eigenvalue weighted by molar-refractivity contribution is 9.10. The Morgan fingerprint density at radius 1 is 1.45 bits per heavy atom. The van der Waals surface area contributed by atoms with Gasteiger partial charge in [-0.2, -0.15) is 0 Å². The van der Waals surface area contributed by atoms with Gasteiger partial charge in [-0.15, -0.1) is 12.4 Å². The topological polar surface area (TPSA) is 73.8 Å². The Morgan fingerprint density at radius 2 is 2.20 bits per heavy atom. The summed E-state index contributed by atoms with van der Waals surface area (Å²) >= 11 is 3.37. The lowest BCUT2D eigenvalue weighted by atomic mass is 10.1. The molecule has 114 valence electrons. The van der Waals surface area contributed by atoms with Crippen molar-refractivity contribution in [2.45, 2.75) is 12.6 Å². The van der Waals surface area contributed by atoms with Crippen LogP contribution in [0.25, 0.3) is 0 Å². The van der Waals surface area contributed by atoms with Gasteiger partial charge in [0, 0.05) is 32.1 Å². The van der Waals surface area contributed by atoms with Crippen LogP contribution in [-0.2, 0) is 6.54 Å². The third kappa shape index (κ3) is 3.99. The van der Waals surface area contributed by atoms with Crippen molar-refractivity contribution in [1.29, 1.82) is 0 Å². The van der Waals surface area contributed by atoms with Crippen molar-refractivity contribution in [3.05, 3.63) is 22.2 Å². The number of rotatable bonds is 5. The first-order chi connectivity index (χ1) is 9.13. The van der Waals surface area contributed by atoms with E-state index in [1.807, 2.05) is 6.07 Å². The van der Waals surface area contributed by atoms with Gasteiger partial charge in [0.2, 0.25) is 0 Å². The molecule has 1 aromatic carbocycles. The zero-order valence-corrected chi connectivity index (χ0v) is 13.6. The van der Waals surface area contributed by atoms with Crippen LogP contribution in [0.5, 0.6) is 11.5 Å². The van der Waals surface area contributed by atoms with Gasteiger partial charge in [-0.1, -0.05) is 6.07 Å². The van der Waals surface area contributed by atoms with Crippen LogP contribution in [0.4, 0.5) is 0 Å². The maximum absolute atomic E-state index is 9.88. The van der Waals surface area contributed by atoms with Gasteiger partial charge >= 0.3 is 0 Å². The Hall–Kier alpha value is -0.530. The normalized spacial score (nSPS) is 21.6. The summed E-state index contributed by atoms with van der Waals surface area (Å²) in [6.07, 6.45) is -0.278. The number of nitrogens with one attached hydrogen (secondary N) is 2. The minimum Gasteiger partial charge on any atom is -0.503 e. The summed E-state index contributed by atoms with van der Waals surface area (Å²) < 4.78 is 5.68. The van der Waals surface area contributed by atoms with Crippen molar-refractivity contribution in [3.8, 4) is 11.5 Å². The Bertz CT molecular complexity index is 448. The second-order valence-corrected chi connectivity index (χ2v) is 5.50. The van der Waals surface area contributed by atoms with Gasteiger partial charge in [-0.05, 0) is 27.6 Å². The van der Waals surface area contributed by atoms with Gasteiger partial charge in [-0.3, -0.25) is 0 Å². The van der Waals surface area contributed by atoms with Crippen LogP contribution in [0, 0.1) is 5.92 Å². The number of phenolic OH excluding ortho intramolecular Hbond substituents is 1. The molecule has 2 atom stereocenters. The largest absolute Gasteiger partial charge is 0.503 e. The molecule has 4 N–H and O–H groups in total. The van der Waals surface area contributed by atoms with Gasteiger partial charge in [0.05, 0.1) is 17.7 Å². The maximum atomic E-state index is 9.88. The summed E-state index contributed by atoms with van der Waals surface area (Å²) in [5.74, 6) is 0.807. The van der Waals surface area contributed by atoms with Crippen molar-refractivity contribution in [2.24, 2.45) is 5.92 Å². The number of β-amino-alcohol motifs (C(OH)–C–C–N with tert-alkyl or cyclic N) is 1. The minimum absolute atomic E-state index is 0. The van der Waals surface area contributed by atoms with Crippen LogP contribution in [-0.4, -0.2) is 43.1 Å². The van der Waals surface area contributed by atoms with E-state index >= 15 is 0 Å². The first kappa shape index (κ1) is 17.5. The van der Waals surface area contributed by atoms with Crippen LogP contribution in [0.2, 0.25) is 0 Å². The highest BCUT2D eigenvalue weighted by Crippen LogP contribution is 2.36. The van der Waals surface area contributed by atoms with E-state index in [1.165, 1.54) is 7.11 Å². The molecule has 0 amide bonds. The van der Waals surface area contributed by atoms with Crippen LogP contribution >= 0.6 is 28.3 Å². The molecular formula is C13H20BrClN2O3.